The predicted octanol–water partition coefficient (Wildman–Crippen LogP) is 3.68. The van der Waals surface area contributed by atoms with Gasteiger partial charge in [0, 0.05) is 25.6 Å². The third-order valence-electron chi connectivity index (χ3n) is 4.31. The van der Waals surface area contributed by atoms with Crippen LogP contribution in [0.4, 0.5) is 0 Å². The molecule has 1 aliphatic carbocycles. The Morgan fingerprint density at radius 1 is 1.00 bits per heavy atom. The zero-order valence-electron chi connectivity index (χ0n) is 16.7. The van der Waals surface area contributed by atoms with Crippen molar-refractivity contribution in [3.8, 4) is 11.5 Å². The van der Waals surface area contributed by atoms with E-state index in [9.17, 15) is 4.79 Å². The summed E-state index contributed by atoms with van der Waals surface area (Å²) < 4.78 is 5.88. The number of hydrogen-bond donors (Lipinski definition) is 3. The molecule has 7 heteroatoms. The second-order valence-electron chi connectivity index (χ2n) is 6.75. The second-order valence-corrected chi connectivity index (χ2v) is 6.75. The molecule has 3 N–H and O–H groups in total. The van der Waals surface area contributed by atoms with Gasteiger partial charge in [-0.05, 0) is 49.6 Å². The SMILES string of the molecule is CCNC(=NCc1cccc(Oc2ccccc2)c1)NCCNC(=O)C1CC1.I. The summed E-state index contributed by atoms with van der Waals surface area (Å²) >= 11 is 0. The number of hydrogen-bond acceptors (Lipinski definition) is 3. The summed E-state index contributed by atoms with van der Waals surface area (Å²) in [6.45, 7) is 4.58. The molecule has 1 amide bonds. The third-order valence-corrected chi connectivity index (χ3v) is 4.31. The molecule has 0 heterocycles. The van der Waals surface area contributed by atoms with E-state index in [-0.39, 0.29) is 35.8 Å². The van der Waals surface area contributed by atoms with Crippen molar-refractivity contribution < 1.29 is 9.53 Å². The Labute approximate surface area is 189 Å². The Hall–Kier alpha value is -2.29. The largest absolute Gasteiger partial charge is 0.457 e. The molecular formula is C22H29IN4O2. The number of nitrogens with zero attached hydrogens (tertiary/aromatic N) is 1. The highest BCUT2D eigenvalue weighted by atomic mass is 127. The molecule has 0 aliphatic heterocycles. The summed E-state index contributed by atoms with van der Waals surface area (Å²) in [6.07, 6.45) is 2.05. The number of guanidine groups is 1. The highest BCUT2D eigenvalue weighted by molar-refractivity contribution is 14.0. The van der Waals surface area contributed by atoms with Crippen molar-refractivity contribution in [3.63, 3.8) is 0 Å². The predicted molar refractivity (Wildman–Crippen MR) is 127 cm³/mol. The van der Waals surface area contributed by atoms with Crippen LogP contribution in [-0.2, 0) is 11.3 Å². The van der Waals surface area contributed by atoms with E-state index in [1.807, 2.05) is 61.5 Å². The van der Waals surface area contributed by atoms with E-state index in [0.29, 0.717) is 19.6 Å². The summed E-state index contributed by atoms with van der Waals surface area (Å²) in [4.78, 5) is 16.3. The van der Waals surface area contributed by atoms with Crippen LogP contribution in [0.3, 0.4) is 0 Å². The average Bonchev–Trinajstić information content (AvgIpc) is 3.56. The lowest BCUT2D eigenvalue weighted by molar-refractivity contribution is -0.122. The van der Waals surface area contributed by atoms with E-state index < -0.39 is 0 Å². The Kier molecular flexibility index (Phi) is 9.76. The van der Waals surface area contributed by atoms with E-state index >= 15 is 0 Å². The van der Waals surface area contributed by atoms with Gasteiger partial charge in [0.1, 0.15) is 11.5 Å². The number of nitrogens with one attached hydrogen (secondary N) is 3. The molecule has 1 aliphatic rings. The van der Waals surface area contributed by atoms with Gasteiger partial charge in [-0.15, -0.1) is 24.0 Å². The van der Waals surface area contributed by atoms with E-state index in [0.717, 1.165) is 42.4 Å². The molecule has 0 radical (unpaired) electrons. The van der Waals surface area contributed by atoms with E-state index in [2.05, 4.69) is 20.9 Å². The van der Waals surface area contributed by atoms with Gasteiger partial charge in [0.05, 0.1) is 6.54 Å². The summed E-state index contributed by atoms with van der Waals surface area (Å²) in [7, 11) is 0. The van der Waals surface area contributed by atoms with Crippen LogP contribution in [0.2, 0.25) is 0 Å². The number of carbonyl (C=O) groups excluding carboxylic acids is 1. The first kappa shape index (κ1) is 23.0. The van der Waals surface area contributed by atoms with Gasteiger partial charge in [0.2, 0.25) is 5.91 Å². The van der Waals surface area contributed by atoms with E-state index in [1.54, 1.807) is 0 Å². The van der Waals surface area contributed by atoms with Crippen LogP contribution < -0.4 is 20.7 Å². The lowest BCUT2D eigenvalue weighted by Crippen LogP contribution is -2.41. The fourth-order valence-corrected chi connectivity index (χ4v) is 2.70. The number of para-hydroxylation sites is 1. The monoisotopic (exact) mass is 508 g/mol. The molecule has 0 atom stereocenters. The molecule has 2 aromatic rings. The molecular weight excluding hydrogens is 479 g/mol. The molecule has 0 unspecified atom stereocenters. The van der Waals surface area contributed by atoms with Gasteiger partial charge in [-0.1, -0.05) is 30.3 Å². The van der Waals surface area contributed by atoms with Crippen LogP contribution in [0.5, 0.6) is 11.5 Å². The highest BCUT2D eigenvalue weighted by Gasteiger charge is 2.28. The summed E-state index contributed by atoms with van der Waals surface area (Å²) in [6, 6.07) is 17.7. The number of ether oxygens (including phenoxy) is 1. The first-order chi connectivity index (χ1) is 13.7. The van der Waals surface area contributed by atoms with Crippen molar-refractivity contribution in [1.29, 1.82) is 0 Å². The first-order valence-corrected chi connectivity index (χ1v) is 9.86. The fourth-order valence-electron chi connectivity index (χ4n) is 2.70. The molecule has 6 nitrogen and oxygen atoms in total. The number of rotatable bonds is 9. The van der Waals surface area contributed by atoms with Crippen LogP contribution in [0.15, 0.2) is 59.6 Å². The Morgan fingerprint density at radius 3 is 2.45 bits per heavy atom. The molecule has 1 fully saturated rings. The second kappa shape index (κ2) is 12.3. The Morgan fingerprint density at radius 2 is 1.72 bits per heavy atom. The van der Waals surface area contributed by atoms with Crippen molar-refractivity contribution in [2.45, 2.75) is 26.3 Å². The quantitative estimate of drug-likeness (QED) is 0.209. The molecule has 3 rings (SSSR count). The van der Waals surface area contributed by atoms with E-state index in [4.69, 9.17) is 4.74 Å². The van der Waals surface area contributed by atoms with Gasteiger partial charge in [-0.2, -0.15) is 0 Å². The molecule has 0 bridgehead atoms. The molecule has 156 valence electrons. The lowest BCUT2D eigenvalue weighted by Gasteiger charge is -2.12. The third kappa shape index (κ3) is 8.31. The van der Waals surface area contributed by atoms with E-state index in [1.165, 1.54) is 0 Å². The number of amides is 1. The Bertz CT molecular complexity index is 794. The number of halogens is 1. The average molecular weight is 508 g/mol. The highest BCUT2D eigenvalue weighted by Crippen LogP contribution is 2.28. The molecule has 29 heavy (non-hydrogen) atoms. The maximum absolute atomic E-state index is 11.7. The van der Waals surface area contributed by atoms with Gasteiger partial charge in [-0.25, -0.2) is 4.99 Å². The zero-order valence-corrected chi connectivity index (χ0v) is 19.0. The maximum atomic E-state index is 11.7. The number of carbonyl (C=O) groups is 1. The lowest BCUT2D eigenvalue weighted by atomic mass is 10.2. The van der Waals surface area contributed by atoms with Crippen molar-refractivity contribution in [2.75, 3.05) is 19.6 Å². The fraction of sp³-hybridized carbons (Fsp3) is 0.364. The van der Waals surface area contributed by atoms with Gasteiger partial charge in [-0.3, -0.25) is 4.79 Å². The number of benzene rings is 2. The van der Waals surface area contributed by atoms with Crippen molar-refractivity contribution in [1.82, 2.24) is 16.0 Å². The van der Waals surface area contributed by atoms with Gasteiger partial charge in [0.25, 0.3) is 0 Å². The molecule has 2 aromatic carbocycles. The van der Waals surface area contributed by atoms with Crippen molar-refractivity contribution >= 4 is 35.8 Å². The minimum atomic E-state index is 0. The molecule has 1 saturated carbocycles. The minimum absolute atomic E-state index is 0. The maximum Gasteiger partial charge on any atom is 0.223 e. The summed E-state index contributed by atoms with van der Waals surface area (Å²) in [5.41, 5.74) is 1.06. The van der Waals surface area contributed by atoms with Crippen LogP contribution >= 0.6 is 24.0 Å². The topological polar surface area (TPSA) is 74.8 Å². The Balaban J connectivity index is 0.00000300. The van der Waals surface area contributed by atoms with Gasteiger partial charge in [0.15, 0.2) is 5.96 Å². The molecule has 0 saturated heterocycles. The summed E-state index contributed by atoms with van der Waals surface area (Å²) in [5, 5.41) is 9.42. The van der Waals surface area contributed by atoms with Crippen molar-refractivity contribution in [2.24, 2.45) is 10.9 Å². The van der Waals surface area contributed by atoms with Crippen LogP contribution in [-0.4, -0.2) is 31.5 Å². The standard InChI is InChI=1S/C22H28N4O2.HI/c1-2-23-22(25-14-13-24-21(27)18-11-12-18)26-16-17-7-6-10-20(15-17)28-19-8-4-3-5-9-19;/h3-10,15,18H,2,11-14,16H2,1H3,(H,24,27)(H2,23,25,26);1H. The number of aliphatic imine (C=N–C) groups is 1. The molecule has 0 spiro atoms. The van der Waals surface area contributed by atoms with Gasteiger partial charge >= 0.3 is 0 Å². The van der Waals surface area contributed by atoms with Crippen molar-refractivity contribution in [3.05, 3.63) is 60.2 Å². The first-order valence-electron chi connectivity index (χ1n) is 9.86. The molecule has 0 aromatic heterocycles. The van der Waals surface area contributed by atoms with Crippen LogP contribution in [0, 0.1) is 5.92 Å². The minimum Gasteiger partial charge on any atom is -0.457 e. The van der Waals surface area contributed by atoms with Gasteiger partial charge < -0.3 is 20.7 Å². The normalized spacial score (nSPS) is 13.2. The summed E-state index contributed by atoms with van der Waals surface area (Å²) in [5.74, 6) is 2.75. The van der Waals surface area contributed by atoms with Crippen LogP contribution in [0.1, 0.15) is 25.3 Å². The van der Waals surface area contributed by atoms with Crippen LogP contribution in [0.25, 0.3) is 0 Å². The smallest absolute Gasteiger partial charge is 0.223 e. The zero-order chi connectivity index (χ0) is 19.6.